The van der Waals surface area contributed by atoms with Gasteiger partial charge in [-0.1, -0.05) is 23.2 Å². The minimum absolute atomic E-state index is 0.0794. The van der Waals surface area contributed by atoms with Gasteiger partial charge < -0.3 is 9.55 Å². The van der Waals surface area contributed by atoms with Crippen molar-refractivity contribution in [1.82, 2.24) is 19.5 Å². The number of hydrogen-bond acceptors (Lipinski definition) is 3. The molecule has 5 nitrogen and oxygen atoms in total. The number of halogens is 4. The van der Waals surface area contributed by atoms with Gasteiger partial charge in [0, 0.05) is 29.6 Å². The van der Waals surface area contributed by atoms with E-state index >= 15 is 0 Å². The molecule has 0 aliphatic heterocycles. The van der Waals surface area contributed by atoms with E-state index in [0.29, 0.717) is 16.5 Å². The monoisotopic (exact) mass is 420 g/mol. The van der Waals surface area contributed by atoms with Crippen LogP contribution in [0.15, 0.2) is 41.2 Å². The SMILES string of the molecule is Cn1c(-c2ccc(Cl)cc2)nc2c(=O)[nH]c(Cc3c(F)ccc(F)c3Cl)nc21. The van der Waals surface area contributed by atoms with E-state index in [1.807, 2.05) is 0 Å². The molecule has 1 N–H and O–H groups in total. The van der Waals surface area contributed by atoms with Gasteiger partial charge in [-0.3, -0.25) is 4.79 Å². The quantitative estimate of drug-likeness (QED) is 0.496. The zero-order valence-corrected chi connectivity index (χ0v) is 15.9. The second-order valence-electron chi connectivity index (χ2n) is 6.18. The van der Waals surface area contributed by atoms with Crippen molar-refractivity contribution in [3.05, 3.63) is 79.8 Å². The zero-order chi connectivity index (χ0) is 20.0. The van der Waals surface area contributed by atoms with Crippen LogP contribution in [0.5, 0.6) is 0 Å². The Balaban J connectivity index is 1.83. The summed E-state index contributed by atoms with van der Waals surface area (Å²) < 4.78 is 29.4. The molecule has 28 heavy (non-hydrogen) atoms. The van der Waals surface area contributed by atoms with Crippen molar-refractivity contribution >= 4 is 34.4 Å². The highest BCUT2D eigenvalue weighted by atomic mass is 35.5. The van der Waals surface area contributed by atoms with Gasteiger partial charge in [0.2, 0.25) is 0 Å². The summed E-state index contributed by atoms with van der Waals surface area (Å²) in [5.41, 5.74) is 0.650. The lowest BCUT2D eigenvalue weighted by Crippen LogP contribution is -2.13. The lowest BCUT2D eigenvalue weighted by molar-refractivity contribution is 0.587. The first-order valence-corrected chi connectivity index (χ1v) is 8.94. The number of nitrogens with zero attached hydrogens (tertiary/aromatic N) is 3. The van der Waals surface area contributed by atoms with Crippen LogP contribution in [0, 0.1) is 11.6 Å². The fraction of sp³-hybridized carbons (Fsp3) is 0.105. The number of benzene rings is 2. The Kier molecular flexibility index (Phi) is 4.64. The second kappa shape index (κ2) is 7.00. The van der Waals surface area contributed by atoms with Crippen molar-refractivity contribution in [2.24, 2.45) is 7.05 Å². The first-order chi connectivity index (χ1) is 13.3. The predicted octanol–water partition coefficient (Wildman–Crippen LogP) is 4.50. The summed E-state index contributed by atoms with van der Waals surface area (Å²) in [6, 6.07) is 8.92. The summed E-state index contributed by atoms with van der Waals surface area (Å²) in [7, 11) is 1.71. The maximum atomic E-state index is 14.1. The molecule has 0 aliphatic carbocycles. The molecule has 4 rings (SSSR count). The van der Waals surface area contributed by atoms with Crippen LogP contribution in [0.1, 0.15) is 11.4 Å². The lowest BCUT2D eigenvalue weighted by Gasteiger charge is -2.07. The van der Waals surface area contributed by atoms with Crippen LogP contribution in [0.25, 0.3) is 22.6 Å². The third-order valence-corrected chi connectivity index (χ3v) is 5.02. The smallest absolute Gasteiger partial charge is 0.279 e. The first-order valence-electron chi connectivity index (χ1n) is 8.19. The van der Waals surface area contributed by atoms with Crippen LogP contribution in [-0.4, -0.2) is 19.5 Å². The van der Waals surface area contributed by atoms with E-state index in [0.717, 1.165) is 17.7 Å². The Labute approximate surface area is 167 Å². The minimum Gasteiger partial charge on any atom is -0.312 e. The first kappa shape index (κ1) is 18.6. The Morgan fingerprint density at radius 1 is 1.04 bits per heavy atom. The summed E-state index contributed by atoms with van der Waals surface area (Å²) in [6.45, 7) is 0. The Bertz CT molecular complexity index is 1270. The molecule has 0 aliphatic rings. The highest BCUT2D eigenvalue weighted by molar-refractivity contribution is 6.31. The molecule has 0 radical (unpaired) electrons. The Hall–Kier alpha value is -2.77. The standard InChI is InChI=1S/C19H12Cl2F2N4O/c1-27-17(9-2-4-10(20)5-3-9)26-16-18(27)24-14(25-19(16)28)8-11-12(22)6-7-13(23)15(11)21/h2-7H,8H2,1H3,(H,24,25,28). The summed E-state index contributed by atoms with van der Waals surface area (Å²) in [5, 5.41) is 0.240. The van der Waals surface area contributed by atoms with Crippen LogP contribution < -0.4 is 5.56 Å². The highest BCUT2D eigenvalue weighted by Crippen LogP contribution is 2.26. The molecule has 4 aromatic rings. The van der Waals surface area contributed by atoms with Crippen molar-refractivity contribution in [3.63, 3.8) is 0 Å². The molecule has 0 saturated heterocycles. The number of nitrogens with one attached hydrogen (secondary N) is 1. The van der Waals surface area contributed by atoms with Crippen LogP contribution in [0.2, 0.25) is 10.0 Å². The summed E-state index contributed by atoms with van der Waals surface area (Å²) in [4.78, 5) is 23.8. The van der Waals surface area contributed by atoms with E-state index in [4.69, 9.17) is 23.2 Å². The molecular weight excluding hydrogens is 409 g/mol. The minimum atomic E-state index is -0.743. The molecule has 2 heterocycles. The number of hydrogen-bond donors (Lipinski definition) is 1. The van der Waals surface area contributed by atoms with Gasteiger partial charge in [0.1, 0.15) is 23.3 Å². The lowest BCUT2D eigenvalue weighted by atomic mass is 10.1. The molecule has 0 atom stereocenters. The van der Waals surface area contributed by atoms with Crippen LogP contribution in [-0.2, 0) is 13.5 Å². The molecule has 2 aromatic carbocycles. The Morgan fingerprint density at radius 2 is 1.71 bits per heavy atom. The van der Waals surface area contributed by atoms with E-state index in [2.05, 4.69) is 15.0 Å². The maximum absolute atomic E-state index is 14.1. The number of rotatable bonds is 3. The molecule has 2 aromatic heterocycles. The topological polar surface area (TPSA) is 63.6 Å². The molecule has 0 saturated carbocycles. The zero-order valence-electron chi connectivity index (χ0n) is 14.4. The molecule has 9 heteroatoms. The third-order valence-electron chi connectivity index (χ3n) is 4.36. The van der Waals surface area contributed by atoms with E-state index in [9.17, 15) is 13.6 Å². The van der Waals surface area contributed by atoms with Gasteiger partial charge in [-0.05, 0) is 36.4 Å². The number of H-pyrrole nitrogens is 1. The van der Waals surface area contributed by atoms with Crippen LogP contribution in [0.4, 0.5) is 8.78 Å². The van der Waals surface area contributed by atoms with Gasteiger partial charge in [-0.2, -0.15) is 0 Å². The Morgan fingerprint density at radius 3 is 2.43 bits per heavy atom. The molecule has 0 spiro atoms. The van der Waals surface area contributed by atoms with Gasteiger partial charge in [-0.25, -0.2) is 18.7 Å². The van der Waals surface area contributed by atoms with Crippen LogP contribution in [0.3, 0.4) is 0 Å². The maximum Gasteiger partial charge on any atom is 0.279 e. The number of aryl methyl sites for hydroxylation is 1. The predicted molar refractivity (Wildman–Crippen MR) is 104 cm³/mol. The summed E-state index contributed by atoms with van der Waals surface area (Å²) >= 11 is 11.8. The van der Waals surface area contributed by atoms with Gasteiger partial charge in [0.15, 0.2) is 11.2 Å². The van der Waals surface area contributed by atoms with Gasteiger partial charge >= 0.3 is 0 Å². The van der Waals surface area contributed by atoms with Crippen molar-refractivity contribution < 1.29 is 8.78 Å². The fourth-order valence-corrected chi connectivity index (χ4v) is 3.30. The number of aromatic nitrogens is 4. The molecule has 0 unspecified atom stereocenters. The second-order valence-corrected chi connectivity index (χ2v) is 7.00. The molecule has 142 valence electrons. The summed E-state index contributed by atoms with van der Waals surface area (Å²) in [5.74, 6) is -0.751. The number of fused-ring (bicyclic) bond motifs is 1. The van der Waals surface area contributed by atoms with Crippen molar-refractivity contribution in [2.45, 2.75) is 6.42 Å². The normalized spacial score (nSPS) is 11.3. The van der Waals surface area contributed by atoms with E-state index < -0.39 is 17.2 Å². The number of imidazole rings is 1. The van der Waals surface area contributed by atoms with E-state index in [1.165, 1.54) is 0 Å². The van der Waals surface area contributed by atoms with Gasteiger partial charge in [0.25, 0.3) is 5.56 Å². The summed E-state index contributed by atoms with van der Waals surface area (Å²) in [6.07, 6.45) is -0.172. The largest absolute Gasteiger partial charge is 0.312 e. The average Bonchev–Trinajstić information content (AvgIpc) is 3.00. The molecule has 0 amide bonds. The van der Waals surface area contributed by atoms with Gasteiger partial charge in [-0.15, -0.1) is 0 Å². The van der Waals surface area contributed by atoms with E-state index in [1.54, 1.807) is 35.9 Å². The van der Waals surface area contributed by atoms with Crippen LogP contribution >= 0.6 is 23.2 Å². The molecule has 0 fully saturated rings. The fourth-order valence-electron chi connectivity index (χ4n) is 2.96. The van der Waals surface area contributed by atoms with Crippen molar-refractivity contribution in [2.75, 3.05) is 0 Å². The van der Waals surface area contributed by atoms with Crippen molar-refractivity contribution in [1.29, 1.82) is 0 Å². The highest BCUT2D eigenvalue weighted by Gasteiger charge is 2.18. The van der Waals surface area contributed by atoms with E-state index in [-0.39, 0.29) is 28.3 Å². The van der Waals surface area contributed by atoms with Crippen molar-refractivity contribution in [3.8, 4) is 11.4 Å². The molecule has 0 bridgehead atoms. The number of aromatic amines is 1. The molecular formula is C19H12Cl2F2N4O. The average molecular weight is 421 g/mol. The third kappa shape index (κ3) is 3.16. The van der Waals surface area contributed by atoms with Gasteiger partial charge in [0.05, 0.1) is 5.02 Å².